The van der Waals surface area contributed by atoms with Crippen LogP contribution >= 0.6 is 0 Å². The number of sulfonamides is 1. The highest BCUT2D eigenvalue weighted by Gasteiger charge is 2.52. The third kappa shape index (κ3) is 2.93. The van der Waals surface area contributed by atoms with E-state index in [1.54, 1.807) is 12.1 Å². The Balaban J connectivity index is 1.68. The normalized spacial score (nSPS) is 25.1. The summed E-state index contributed by atoms with van der Waals surface area (Å²) < 4.78 is 38.3. The van der Waals surface area contributed by atoms with E-state index in [1.807, 2.05) is 26.0 Å². The van der Waals surface area contributed by atoms with Crippen molar-refractivity contribution in [3.05, 3.63) is 29.8 Å². The highest BCUT2D eigenvalue weighted by molar-refractivity contribution is 7.89. The first kappa shape index (κ1) is 15.9. The summed E-state index contributed by atoms with van der Waals surface area (Å²) in [6.45, 7) is 6.10. The molecule has 0 amide bonds. The van der Waals surface area contributed by atoms with Gasteiger partial charge in [-0.1, -0.05) is 17.7 Å². The minimum absolute atomic E-state index is 0.183. The van der Waals surface area contributed by atoms with E-state index in [0.29, 0.717) is 31.2 Å². The van der Waals surface area contributed by atoms with E-state index in [-0.39, 0.29) is 11.7 Å². The van der Waals surface area contributed by atoms with Crippen LogP contribution in [-0.2, 0) is 19.5 Å². The molecular weight excluding hydrogens is 302 g/mol. The second kappa shape index (κ2) is 5.92. The van der Waals surface area contributed by atoms with Crippen molar-refractivity contribution in [3.63, 3.8) is 0 Å². The molecule has 122 valence electrons. The number of benzene rings is 1. The van der Waals surface area contributed by atoms with Crippen molar-refractivity contribution in [3.8, 4) is 0 Å². The van der Waals surface area contributed by atoms with E-state index in [9.17, 15) is 8.42 Å². The molecule has 1 aromatic carbocycles. The van der Waals surface area contributed by atoms with Crippen LogP contribution in [0.2, 0.25) is 0 Å². The molecule has 3 rings (SSSR count). The number of hydrogen-bond acceptors (Lipinski definition) is 4. The Morgan fingerprint density at radius 2 is 2.00 bits per heavy atom. The van der Waals surface area contributed by atoms with Crippen LogP contribution in [0.15, 0.2) is 29.2 Å². The lowest BCUT2D eigenvalue weighted by Crippen LogP contribution is -2.67. The lowest BCUT2D eigenvalue weighted by Gasteiger charge is -2.52. The van der Waals surface area contributed by atoms with Gasteiger partial charge >= 0.3 is 0 Å². The first-order valence-electron chi connectivity index (χ1n) is 7.78. The molecule has 5 nitrogen and oxygen atoms in total. The Morgan fingerprint density at radius 1 is 1.32 bits per heavy atom. The molecule has 6 heteroatoms. The van der Waals surface area contributed by atoms with Gasteiger partial charge in [0.15, 0.2) is 0 Å². The van der Waals surface area contributed by atoms with Crippen LogP contribution in [0.3, 0.4) is 0 Å². The van der Waals surface area contributed by atoms with Gasteiger partial charge in [-0.2, -0.15) is 4.31 Å². The molecule has 0 bridgehead atoms. The first-order valence-corrected chi connectivity index (χ1v) is 9.22. The lowest BCUT2D eigenvalue weighted by molar-refractivity contribution is -0.177. The fourth-order valence-corrected chi connectivity index (χ4v) is 4.80. The summed E-state index contributed by atoms with van der Waals surface area (Å²) in [6, 6.07) is 6.98. The number of ether oxygens (including phenoxy) is 2. The number of hydrogen-bond donors (Lipinski definition) is 0. The summed E-state index contributed by atoms with van der Waals surface area (Å²) in [6.07, 6.45) is 1.85. The van der Waals surface area contributed by atoms with E-state index in [1.165, 1.54) is 4.31 Å². The van der Waals surface area contributed by atoms with E-state index in [2.05, 4.69) is 0 Å². The Bertz CT molecular complexity index is 618. The molecule has 0 N–H and O–H groups in total. The molecule has 0 radical (unpaired) electrons. The molecular formula is C16H23NO4S. The van der Waals surface area contributed by atoms with Gasteiger partial charge in [0.05, 0.1) is 16.6 Å². The molecule has 2 aliphatic heterocycles. The maximum atomic E-state index is 12.6. The number of rotatable bonds is 4. The molecule has 0 saturated carbocycles. The van der Waals surface area contributed by atoms with Gasteiger partial charge in [-0.05, 0) is 32.4 Å². The quantitative estimate of drug-likeness (QED) is 0.849. The van der Waals surface area contributed by atoms with Gasteiger partial charge in [-0.25, -0.2) is 8.42 Å². The van der Waals surface area contributed by atoms with Crippen LogP contribution in [0.4, 0.5) is 0 Å². The molecule has 1 aromatic rings. The van der Waals surface area contributed by atoms with Crippen LogP contribution < -0.4 is 0 Å². The van der Waals surface area contributed by atoms with Crippen molar-refractivity contribution in [1.29, 1.82) is 0 Å². The van der Waals surface area contributed by atoms with E-state index < -0.39 is 10.0 Å². The SMILES string of the molecule is CCO[C@H]1CCOC2(C1)CN(S(=O)(=O)c1ccc(C)cc1)C2. The van der Waals surface area contributed by atoms with Crippen molar-refractivity contribution in [2.75, 3.05) is 26.3 Å². The van der Waals surface area contributed by atoms with Gasteiger partial charge in [0.25, 0.3) is 0 Å². The minimum Gasteiger partial charge on any atom is -0.378 e. The summed E-state index contributed by atoms with van der Waals surface area (Å²) >= 11 is 0. The van der Waals surface area contributed by atoms with Crippen LogP contribution in [-0.4, -0.2) is 50.7 Å². The maximum absolute atomic E-state index is 12.6. The van der Waals surface area contributed by atoms with Crippen LogP contribution in [0.5, 0.6) is 0 Å². The van der Waals surface area contributed by atoms with E-state index in [4.69, 9.17) is 9.47 Å². The van der Waals surface area contributed by atoms with Crippen molar-refractivity contribution < 1.29 is 17.9 Å². The lowest BCUT2D eigenvalue weighted by atomic mass is 9.86. The van der Waals surface area contributed by atoms with E-state index >= 15 is 0 Å². The van der Waals surface area contributed by atoms with Crippen LogP contribution in [0.25, 0.3) is 0 Å². The largest absolute Gasteiger partial charge is 0.378 e. The minimum atomic E-state index is -3.41. The molecule has 2 aliphatic rings. The van der Waals surface area contributed by atoms with Gasteiger partial charge < -0.3 is 9.47 Å². The van der Waals surface area contributed by atoms with Gasteiger partial charge in [0.2, 0.25) is 10.0 Å². The molecule has 0 unspecified atom stereocenters. The summed E-state index contributed by atoms with van der Waals surface area (Å²) in [4.78, 5) is 0.352. The summed E-state index contributed by atoms with van der Waals surface area (Å²) in [5.41, 5.74) is 0.699. The third-order valence-electron chi connectivity index (χ3n) is 4.44. The predicted octanol–water partition coefficient (Wildman–Crippen LogP) is 1.95. The highest BCUT2D eigenvalue weighted by atomic mass is 32.2. The van der Waals surface area contributed by atoms with Gasteiger partial charge in [0, 0.05) is 32.7 Å². The predicted molar refractivity (Wildman–Crippen MR) is 83.3 cm³/mol. The third-order valence-corrected chi connectivity index (χ3v) is 6.24. The topological polar surface area (TPSA) is 55.8 Å². The molecule has 1 atom stereocenters. The first-order chi connectivity index (χ1) is 10.5. The fraction of sp³-hybridized carbons (Fsp3) is 0.625. The van der Waals surface area contributed by atoms with Crippen molar-refractivity contribution in [1.82, 2.24) is 4.31 Å². The zero-order valence-electron chi connectivity index (χ0n) is 13.1. The average molecular weight is 325 g/mol. The van der Waals surface area contributed by atoms with Crippen molar-refractivity contribution in [2.45, 2.75) is 43.3 Å². The van der Waals surface area contributed by atoms with E-state index in [0.717, 1.165) is 18.4 Å². The second-order valence-corrected chi connectivity index (χ2v) is 8.13. The van der Waals surface area contributed by atoms with Gasteiger partial charge in [0.1, 0.15) is 0 Å². The zero-order valence-corrected chi connectivity index (χ0v) is 13.9. The number of aryl methyl sites for hydroxylation is 1. The molecule has 2 fully saturated rings. The summed E-state index contributed by atoms with van der Waals surface area (Å²) in [5.74, 6) is 0. The highest BCUT2D eigenvalue weighted by Crippen LogP contribution is 2.38. The molecule has 1 spiro atoms. The van der Waals surface area contributed by atoms with Crippen LogP contribution in [0, 0.1) is 6.92 Å². The molecule has 0 aromatic heterocycles. The van der Waals surface area contributed by atoms with Gasteiger partial charge in [-0.15, -0.1) is 0 Å². The van der Waals surface area contributed by atoms with Gasteiger partial charge in [-0.3, -0.25) is 0 Å². The molecule has 2 heterocycles. The fourth-order valence-electron chi connectivity index (χ4n) is 3.21. The van der Waals surface area contributed by atoms with Crippen molar-refractivity contribution in [2.24, 2.45) is 0 Å². The Hall–Kier alpha value is -0.950. The van der Waals surface area contributed by atoms with Crippen LogP contribution in [0.1, 0.15) is 25.3 Å². The maximum Gasteiger partial charge on any atom is 0.243 e. The molecule has 2 saturated heterocycles. The standard InChI is InChI=1S/C16H23NO4S/c1-3-20-14-8-9-21-16(10-14)11-17(12-16)22(18,19)15-6-4-13(2)5-7-15/h4-7,14H,3,8-12H2,1-2H3/t14-/m0/s1. The Morgan fingerprint density at radius 3 is 2.64 bits per heavy atom. The smallest absolute Gasteiger partial charge is 0.243 e. The summed E-state index contributed by atoms with van der Waals surface area (Å²) in [7, 11) is -3.41. The monoisotopic (exact) mass is 325 g/mol. The average Bonchev–Trinajstić information content (AvgIpc) is 2.46. The molecule has 22 heavy (non-hydrogen) atoms. The van der Waals surface area contributed by atoms with Crippen molar-refractivity contribution >= 4 is 10.0 Å². The number of nitrogens with zero attached hydrogens (tertiary/aromatic N) is 1. The Labute approximate surface area is 132 Å². The summed E-state index contributed by atoms with van der Waals surface area (Å²) in [5, 5.41) is 0. The second-order valence-electron chi connectivity index (χ2n) is 6.19. The zero-order chi connectivity index (χ0) is 15.8. The Kier molecular flexibility index (Phi) is 4.29. The molecule has 0 aliphatic carbocycles.